The van der Waals surface area contributed by atoms with Gasteiger partial charge in [-0.15, -0.1) is 0 Å². The van der Waals surface area contributed by atoms with Gasteiger partial charge >= 0.3 is 6.03 Å². The first kappa shape index (κ1) is 19.8. The molecule has 3 amide bonds. The monoisotopic (exact) mass is 402 g/mol. The maximum Gasteiger partial charge on any atom is 0.325 e. The van der Waals surface area contributed by atoms with Crippen LogP contribution >= 0.6 is 0 Å². The smallest absolute Gasteiger partial charge is 0.325 e. The lowest BCUT2D eigenvalue weighted by Gasteiger charge is -2.44. The molecule has 0 bridgehead atoms. The summed E-state index contributed by atoms with van der Waals surface area (Å²) >= 11 is 0. The van der Waals surface area contributed by atoms with Crippen molar-refractivity contribution in [3.8, 4) is 0 Å². The van der Waals surface area contributed by atoms with Crippen molar-refractivity contribution in [1.29, 1.82) is 0 Å². The van der Waals surface area contributed by atoms with Crippen molar-refractivity contribution in [3.63, 3.8) is 0 Å². The Kier molecular flexibility index (Phi) is 5.37. The Hall–Kier alpha value is -2.94. The number of nitrogens with one attached hydrogen (secondary N) is 1. The van der Waals surface area contributed by atoms with Crippen LogP contribution in [0.3, 0.4) is 0 Å². The van der Waals surface area contributed by atoms with Crippen molar-refractivity contribution in [3.05, 3.63) is 59.8 Å². The highest BCUT2D eigenvalue weighted by Gasteiger charge is 2.55. The molecule has 1 unspecified atom stereocenters. The van der Waals surface area contributed by atoms with Crippen LogP contribution < -0.4 is 11.1 Å². The fourth-order valence-corrected chi connectivity index (χ4v) is 4.76. The van der Waals surface area contributed by atoms with Gasteiger partial charge in [0.15, 0.2) is 15.2 Å². The van der Waals surface area contributed by atoms with E-state index in [1.165, 1.54) is 6.20 Å². The van der Waals surface area contributed by atoms with Crippen molar-refractivity contribution >= 4 is 27.6 Å². The van der Waals surface area contributed by atoms with Gasteiger partial charge in [0.05, 0.1) is 12.0 Å². The Balaban J connectivity index is 1.77. The van der Waals surface area contributed by atoms with Crippen molar-refractivity contribution in [1.82, 2.24) is 15.2 Å². The zero-order chi connectivity index (χ0) is 20.5. The zero-order valence-electron chi connectivity index (χ0n) is 15.6. The number of aromatic nitrogens is 1. The molecule has 3 rings (SSSR count). The van der Waals surface area contributed by atoms with Gasteiger partial charge in [0.2, 0.25) is 5.91 Å². The highest BCUT2D eigenvalue weighted by atomic mass is 32.2. The molecule has 0 spiro atoms. The predicted molar refractivity (Wildman–Crippen MR) is 105 cm³/mol. The topological polar surface area (TPSA) is 122 Å². The van der Waals surface area contributed by atoms with Gasteiger partial charge in [-0.25, -0.2) is 23.1 Å². The third-order valence-electron chi connectivity index (χ3n) is 4.75. The van der Waals surface area contributed by atoms with Crippen LogP contribution in [0.15, 0.2) is 48.7 Å². The van der Waals surface area contributed by atoms with Crippen LogP contribution in [-0.4, -0.2) is 41.9 Å². The van der Waals surface area contributed by atoms with Crippen molar-refractivity contribution in [2.45, 2.75) is 24.8 Å². The molecule has 148 valence electrons. The van der Waals surface area contributed by atoms with Crippen LogP contribution in [0.4, 0.5) is 10.6 Å². The number of pyridine rings is 1. The average molecular weight is 402 g/mol. The number of urea groups is 1. The molecule has 0 saturated carbocycles. The fourth-order valence-electron chi connectivity index (χ4n) is 3.37. The lowest BCUT2D eigenvalue weighted by Crippen LogP contribution is -2.68. The summed E-state index contributed by atoms with van der Waals surface area (Å²) in [5.41, 5.74) is 7.19. The number of imide groups is 1. The third-order valence-corrected chi connectivity index (χ3v) is 6.17. The number of nitrogens with zero attached hydrogens (tertiary/aromatic N) is 2. The summed E-state index contributed by atoms with van der Waals surface area (Å²) in [5, 5.41) is 1.49. The number of likely N-dealkylation sites (tertiary alicyclic amines) is 1. The Morgan fingerprint density at radius 2 is 1.96 bits per heavy atom. The number of hydrogen-bond donors (Lipinski definition) is 2. The van der Waals surface area contributed by atoms with E-state index in [0.717, 1.165) is 16.7 Å². The molecule has 2 heterocycles. The van der Waals surface area contributed by atoms with Gasteiger partial charge in [-0.05, 0) is 36.6 Å². The predicted octanol–water partition coefficient (Wildman–Crippen LogP) is 1.51. The summed E-state index contributed by atoms with van der Waals surface area (Å²) in [6.45, 7) is 1.77. The maximum absolute atomic E-state index is 12.6. The molecule has 1 saturated heterocycles. The molecule has 9 heteroatoms. The molecule has 1 aliphatic rings. The number of carbonyl (C=O) groups is 2. The van der Waals surface area contributed by atoms with Crippen LogP contribution in [0.5, 0.6) is 0 Å². The van der Waals surface area contributed by atoms with E-state index in [9.17, 15) is 18.0 Å². The highest BCUT2D eigenvalue weighted by Crippen LogP contribution is 2.34. The summed E-state index contributed by atoms with van der Waals surface area (Å²) in [4.78, 5) is 29.9. The molecule has 0 radical (unpaired) electrons. The Labute approximate surface area is 163 Å². The van der Waals surface area contributed by atoms with E-state index in [1.54, 1.807) is 19.1 Å². The van der Waals surface area contributed by atoms with Gasteiger partial charge in [-0.3, -0.25) is 4.79 Å². The van der Waals surface area contributed by atoms with E-state index in [0.29, 0.717) is 5.56 Å². The Morgan fingerprint density at radius 3 is 2.57 bits per heavy atom. The van der Waals surface area contributed by atoms with Crippen LogP contribution in [0.2, 0.25) is 0 Å². The number of sulfone groups is 1. The maximum atomic E-state index is 12.6. The number of hydrogen-bond acceptors (Lipinski definition) is 6. The summed E-state index contributed by atoms with van der Waals surface area (Å²) in [5.74, 6) is -1.08. The van der Waals surface area contributed by atoms with Crippen LogP contribution in [-0.2, 0) is 21.1 Å². The van der Waals surface area contributed by atoms with Crippen LogP contribution in [0, 0.1) is 5.92 Å². The SMILES string of the molecule is CC(NC(=O)N1C(=O)[C@H](Cc2ccnc(N)c2)[C@H]1S(C)(=O)=O)c1ccccc1. The van der Waals surface area contributed by atoms with Gasteiger partial charge in [0.25, 0.3) is 0 Å². The number of carbonyl (C=O) groups excluding carboxylic acids is 2. The number of β-lactam (4-membered cyclic amide) rings is 1. The second-order valence-corrected chi connectivity index (χ2v) is 9.05. The first-order valence-corrected chi connectivity index (χ1v) is 10.7. The summed E-state index contributed by atoms with van der Waals surface area (Å²) in [6, 6.07) is 11.4. The molecule has 1 aromatic carbocycles. The van der Waals surface area contributed by atoms with E-state index in [-0.39, 0.29) is 18.3 Å². The quantitative estimate of drug-likeness (QED) is 0.731. The molecule has 8 nitrogen and oxygen atoms in total. The highest BCUT2D eigenvalue weighted by molar-refractivity contribution is 7.91. The van der Waals surface area contributed by atoms with E-state index in [2.05, 4.69) is 10.3 Å². The standard InChI is InChI=1S/C19H22N4O4S/c1-12(14-6-4-3-5-7-14)22-19(25)23-17(24)15(18(23)28(2,26)27)10-13-8-9-21-16(20)11-13/h3-9,11-12,15,18H,10H2,1-2H3,(H2,20,21)(H,22,25)/t12?,15-,18+/m0/s1. The van der Waals surface area contributed by atoms with Gasteiger partial charge < -0.3 is 11.1 Å². The minimum atomic E-state index is -3.68. The first-order chi connectivity index (χ1) is 13.2. The van der Waals surface area contributed by atoms with E-state index < -0.39 is 33.1 Å². The van der Waals surface area contributed by atoms with Crippen molar-refractivity contribution < 1.29 is 18.0 Å². The summed E-state index contributed by atoms with van der Waals surface area (Å²) in [7, 11) is -3.68. The lowest BCUT2D eigenvalue weighted by atomic mass is 9.91. The summed E-state index contributed by atoms with van der Waals surface area (Å²) < 4.78 is 24.6. The number of anilines is 1. The molecule has 1 aliphatic heterocycles. The number of nitrogens with two attached hydrogens (primary N) is 1. The normalized spacial score (nSPS) is 20.4. The second-order valence-electron chi connectivity index (χ2n) is 6.91. The molecule has 1 aromatic heterocycles. The largest absolute Gasteiger partial charge is 0.384 e. The Morgan fingerprint density at radius 1 is 1.29 bits per heavy atom. The van der Waals surface area contributed by atoms with E-state index >= 15 is 0 Å². The molecular weight excluding hydrogens is 380 g/mol. The first-order valence-electron chi connectivity index (χ1n) is 8.76. The molecule has 3 atom stereocenters. The number of nitrogen functional groups attached to an aromatic ring is 1. The minimum absolute atomic E-state index is 0.168. The lowest BCUT2D eigenvalue weighted by molar-refractivity contribution is -0.145. The molecule has 0 aliphatic carbocycles. The molecule has 2 aromatic rings. The van der Waals surface area contributed by atoms with Gasteiger partial charge in [-0.1, -0.05) is 30.3 Å². The second kappa shape index (κ2) is 7.59. The molecule has 1 fully saturated rings. The number of amides is 3. The zero-order valence-corrected chi connectivity index (χ0v) is 16.4. The van der Waals surface area contributed by atoms with E-state index in [1.807, 2.05) is 30.3 Å². The average Bonchev–Trinajstić information content (AvgIpc) is 2.63. The van der Waals surface area contributed by atoms with Crippen LogP contribution in [0.25, 0.3) is 0 Å². The minimum Gasteiger partial charge on any atom is -0.384 e. The molecule has 28 heavy (non-hydrogen) atoms. The number of rotatable bonds is 5. The van der Waals surface area contributed by atoms with Crippen LogP contribution in [0.1, 0.15) is 24.1 Å². The molecular formula is C19H22N4O4S. The summed E-state index contributed by atoms with van der Waals surface area (Å²) in [6.07, 6.45) is 2.69. The van der Waals surface area contributed by atoms with Gasteiger partial charge in [-0.2, -0.15) is 0 Å². The van der Waals surface area contributed by atoms with Crippen molar-refractivity contribution in [2.24, 2.45) is 5.92 Å². The number of benzene rings is 1. The fraction of sp³-hybridized carbons (Fsp3) is 0.316. The van der Waals surface area contributed by atoms with Gasteiger partial charge in [0.1, 0.15) is 5.82 Å². The Bertz CT molecular complexity index is 994. The van der Waals surface area contributed by atoms with Gasteiger partial charge in [0, 0.05) is 12.5 Å². The molecule has 3 N–H and O–H groups in total. The third kappa shape index (κ3) is 3.99. The van der Waals surface area contributed by atoms with Crippen molar-refractivity contribution in [2.75, 3.05) is 12.0 Å². The van der Waals surface area contributed by atoms with E-state index in [4.69, 9.17) is 5.73 Å².